The molecule has 4 heteroatoms. The van der Waals surface area contributed by atoms with E-state index in [1.54, 1.807) is 0 Å². The van der Waals surface area contributed by atoms with E-state index in [1.807, 2.05) is 36.0 Å². The predicted octanol–water partition coefficient (Wildman–Crippen LogP) is 2.41. The topological polar surface area (TPSA) is 55.1 Å². The fourth-order valence-electron chi connectivity index (χ4n) is 1.55. The van der Waals surface area contributed by atoms with Gasteiger partial charge in [0.15, 0.2) is 0 Å². The first-order valence-electron chi connectivity index (χ1n) is 6.43. The number of hydrogen-bond donors (Lipinski definition) is 2. The molecule has 0 saturated carbocycles. The van der Waals surface area contributed by atoms with Crippen molar-refractivity contribution in [2.75, 3.05) is 18.8 Å². The van der Waals surface area contributed by atoms with Gasteiger partial charge in [-0.2, -0.15) is 11.8 Å². The van der Waals surface area contributed by atoms with Gasteiger partial charge in [-0.25, -0.2) is 0 Å². The molecule has 0 heterocycles. The lowest BCUT2D eigenvalue weighted by Crippen LogP contribution is -2.24. The van der Waals surface area contributed by atoms with Crippen LogP contribution in [-0.2, 0) is 5.75 Å². The molecule has 0 aliphatic carbocycles. The SMILES string of the molecule is CCSCc1ccc(C(=O)NCCCCN)cc1. The quantitative estimate of drug-likeness (QED) is 0.710. The minimum Gasteiger partial charge on any atom is -0.352 e. The Bertz CT molecular complexity index is 351. The normalized spacial score (nSPS) is 10.3. The van der Waals surface area contributed by atoms with E-state index in [0.717, 1.165) is 29.9 Å². The van der Waals surface area contributed by atoms with Gasteiger partial charge in [0, 0.05) is 17.9 Å². The van der Waals surface area contributed by atoms with Gasteiger partial charge < -0.3 is 11.1 Å². The van der Waals surface area contributed by atoms with Crippen molar-refractivity contribution in [3.63, 3.8) is 0 Å². The summed E-state index contributed by atoms with van der Waals surface area (Å²) in [6.45, 7) is 3.52. The maximum absolute atomic E-state index is 11.8. The molecule has 100 valence electrons. The molecule has 0 unspecified atom stereocenters. The maximum atomic E-state index is 11.8. The van der Waals surface area contributed by atoms with Crippen LogP contribution in [0.5, 0.6) is 0 Å². The van der Waals surface area contributed by atoms with E-state index in [4.69, 9.17) is 5.73 Å². The van der Waals surface area contributed by atoms with Gasteiger partial charge in [-0.3, -0.25) is 4.79 Å². The van der Waals surface area contributed by atoms with Crippen molar-refractivity contribution >= 4 is 17.7 Å². The molecule has 0 fully saturated rings. The van der Waals surface area contributed by atoms with Gasteiger partial charge >= 0.3 is 0 Å². The fraction of sp³-hybridized carbons (Fsp3) is 0.500. The van der Waals surface area contributed by atoms with Gasteiger partial charge in [-0.1, -0.05) is 19.1 Å². The van der Waals surface area contributed by atoms with Crippen LogP contribution in [0.4, 0.5) is 0 Å². The molecule has 0 spiro atoms. The fourth-order valence-corrected chi connectivity index (χ4v) is 2.18. The van der Waals surface area contributed by atoms with E-state index >= 15 is 0 Å². The zero-order chi connectivity index (χ0) is 13.2. The van der Waals surface area contributed by atoms with E-state index in [2.05, 4.69) is 12.2 Å². The van der Waals surface area contributed by atoms with Gasteiger partial charge in [-0.15, -0.1) is 0 Å². The number of unbranched alkanes of at least 4 members (excludes halogenated alkanes) is 1. The highest BCUT2D eigenvalue weighted by Gasteiger charge is 2.04. The molecule has 1 aromatic carbocycles. The van der Waals surface area contributed by atoms with Crippen LogP contribution in [0.2, 0.25) is 0 Å². The van der Waals surface area contributed by atoms with E-state index in [0.29, 0.717) is 13.1 Å². The summed E-state index contributed by atoms with van der Waals surface area (Å²) in [6, 6.07) is 7.84. The summed E-state index contributed by atoms with van der Waals surface area (Å²) in [7, 11) is 0. The molecule has 3 nitrogen and oxygen atoms in total. The van der Waals surface area contributed by atoms with Crippen LogP contribution in [-0.4, -0.2) is 24.7 Å². The molecule has 0 aliphatic heterocycles. The molecular weight excluding hydrogens is 244 g/mol. The van der Waals surface area contributed by atoms with Crippen LogP contribution >= 0.6 is 11.8 Å². The van der Waals surface area contributed by atoms with Crippen molar-refractivity contribution in [1.82, 2.24) is 5.32 Å². The van der Waals surface area contributed by atoms with Crippen LogP contribution in [0, 0.1) is 0 Å². The van der Waals surface area contributed by atoms with Crippen molar-refractivity contribution in [1.29, 1.82) is 0 Å². The zero-order valence-corrected chi connectivity index (χ0v) is 11.8. The van der Waals surface area contributed by atoms with Gasteiger partial charge in [0.25, 0.3) is 5.91 Å². The number of benzene rings is 1. The number of carbonyl (C=O) groups excluding carboxylic acids is 1. The van der Waals surface area contributed by atoms with Crippen LogP contribution in [0.3, 0.4) is 0 Å². The summed E-state index contributed by atoms with van der Waals surface area (Å²) in [4.78, 5) is 11.8. The first kappa shape index (κ1) is 15.1. The lowest BCUT2D eigenvalue weighted by Gasteiger charge is -2.05. The third-order valence-corrected chi connectivity index (χ3v) is 3.55. The van der Waals surface area contributed by atoms with Crippen LogP contribution in [0.1, 0.15) is 35.7 Å². The maximum Gasteiger partial charge on any atom is 0.251 e. The zero-order valence-electron chi connectivity index (χ0n) is 10.9. The molecule has 1 rings (SSSR count). The van der Waals surface area contributed by atoms with Gasteiger partial charge in [0.1, 0.15) is 0 Å². The highest BCUT2D eigenvalue weighted by atomic mass is 32.2. The molecule has 0 aromatic heterocycles. The highest BCUT2D eigenvalue weighted by Crippen LogP contribution is 2.12. The van der Waals surface area contributed by atoms with Crippen LogP contribution < -0.4 is 11.1 Å². The Hall–Kier alpha value is -1.00. The molecule has 18 heavy (non-hydrogen) atoms. The summed E-state index contributed by atoms with van der Waals surface area (Å²) in [5, 5.41) is 2.90. The lowest BCUT2D eigenvalue weighted by molar-refractivity contribution is 0.0953. The average Bonchev–Trinajstić information content (AvgIpc) is 2.41. The second kappa shape index (κ2) is 9.00. The number of rotatable bonds is 8. The molecule has 1 amide bonds. The summed E-state index contributed by atoms with van der Waals surface area (Å²) in [6.07, 6.45) is 1.89. The number of nitrogens with two attached hydrogens (primary N) is 1. The van der Waals surface area contributed by atoms with Crippen LogP contribution in [0.25, 0.3) is 0 Å². The Labute approximate surface area is 114 Å². The average molecular weight is 266 g/mol. The number of hydrogen-bond acceptors (Lipinski definition) is 3. The number of nitrogens with one attached hydrogen (secondary N) is 1. The van der Waals surface area contributed by atoms with Gasteiger partial charge in [-0.05, 0) is 42.8 Å². The molecule has 0 aliphatic rings. The van der Waals surface area contributed by atoms with Gasteiger partial charge in [0.05, 0.1) is 0 Å². The van der Waals surface area contributed by atoms with Crippen LogP contribution in [0.15, 0.2) is 24.3 Å². The minimum atomic E-state index is 0.00159. The molecule has 1 aromatic rings. The Morgan fingerprint density at radius 3 is 2.61 bits per heavy atom. The summed E-state index contributed by atoms with van der Waals surface area (Å²) >= 11 is 1.88. The third kappa shape index (κ3) is 5.56. The number of amides is 1. The van der Waals surface area contributed by atoms with Gasteiger partial charge in [0.2, 0.25) is 0 Å². The molecule has 0 bridgehead atoms. The standard InChI is InChI=1S/C14H22N2OS/c1-2-18-11-12-5-7-13(8-6-12)14(17)16-10-4-3-9-15/h5-8H,2-4,9-11,15H2,1H3,(H,16,17). The largest absolute Gasteiger partial charge is 0.352 e. The molecular formula is C14H22N2OS. The highest BCUT2D eigenvalue weighted by molar-refractivity contribution is 7.98. The Morgan fingerprint density at radius 1 is 1.28 bits per heavy atom. The smallest absolute Gasteiger partial charge is 0.251 e. The Morgan fingerprint density at radius 2 is 2.00 bits per heavy atom. The van der Waals surface area contributed by atoms with E-state index in [-0.39, 0.29) is 5.91 Å². The monoisotopic (exact) mass is 266 g/mol. The molecule has 3 N–H and O–H groups in total. The predicted molar refractivity (Wildman–Crippen MR) is 78.9 cm³/mol. The molecule has 0 radical (unpaired) electrons. The summed E-state index contributed by atoms with van der Waals surface area (Å²) in [5.74, 6) is 2.12. The van der Waals surface area contributed by atoms with E-state index in [9.17, 15) is 4.79 Å². The Kier molecular flexibility index (Phi) is 7.53. The number of carbonyl (C=O) groups is 1. The third-order valence-electron chi connectivity index (χ3n) is 2.61. The second-order valence-electron chi connectivity index (χ2n) is 4.09. The van der Waals surface area contributed by atoms with E-state index in [1.165, 1.54) is 5.56 Å². The molecule has 0 atom stereocenters. The molecule has 0 saturated heterocycles. The Balaban J connectivity index is 2.38. The van der Waals surface area contributed by atoms with E-state index < -0.39 is 0 Å². The van der Waals surface area contributed by atoms with Crippen molar-refractivity contribution in [3.8, 4) is 0 Å². The minimum absolute atomic E-state index is 0.00159. The van der Waals surface area contributed by atoms with Crippen molar-refractivity contribution in [3.05, 3.63) is 35.4 Å². The summed E-state index contributed by atoms with van der Waals surface area (Å²) < 4.78 is 0. The van der Waals surface area contributed by atoms with Crippen molar-refractivity contribution in [2.45, 2.75) is 25.5 Å². The first-order valence-corrected chi connectivity index (χ1v) is 7.58. The lowest BCUT2D eigenvalue weighted by atomic mass is 10.1. The number of thioether (sulfide) groups is 1. The van der Waals surface area contributed by atoms with Crippen molar-refractivity contribution < 1.29 is 4.79 Å². The summed E-state index contributed by atoms with van der Waals surface area (Å²) in [5.41, 5.74) is 7.39. The first-order chi connectivity index (χ1) is 8.77. The second-order valence-corrected chi connectivity index (χ2v) is 5.36. The van der Waals surface area contributed by atoms with Crippen molar-refractivity contribution in [2.24, 2.45) is 5.73 Å².